The molecule has 25 heavy (non-hydrogen) atoms. The van der Waals surface area contributed by atoms with Crippen LogP contribution in [0.2, 0.25) is 5.02 Å². The molecule has 7 nitrogen and oxygen atoms in total. The van der Waals surface area contributed by atoms with Gasteiger partial charge in [-0.1, -0.05) is 23.7 Å². The molecule has 9 heteroatoms. The quantitative estimate of drug-likeness (QED) is 0.832. The molecule has 1 fully saturated rings. The molecule has 2 N–H and O–H groups in total. The van der Waals surface area contributed by atoms with E-state index in [2.05, 4.69) is 15.3 Å². The van der Waals surface area contributed by atoms with Gasteiger partial charge in [0, 0.05) is 24.7 Å². The van der Waals surface area contributed by atoms with Crippen LogP contribution in [0.25, 0.3) is 0 Å². The van der Waals surface area contributed by atoms with Gasteiger partial charge in [0.15, 0.2) is 5.82 Å². The van der Waals surface area contributed by atoms with Gasteiger partial charge in [0.25, 0.3) is 11.8 Å². The first-order chi connectivity index (χ1) is 12.0. The molecule has 0 aliphatic carbocycles. The summed E-state index contributed by atoms with van der Waals surface area (Å²) < 4.78 is 19.3. The number of aromatic nitrogens is 2. The van der Waals surface area contributed by atoms with E-state index in [-0.39, 0.29) is 24.8 Å². The molecule has 1 saturated heterocycles. The van der Waals surface area contributed by atoms with Crippen LogP contribution >= 0.6 is 11.6 Å². The van der Waals surface area contributed by atoms with Crippen LogP contribution in [0.3, 0.4) is 0 Å². The molecular weight excluding hydrogens is 351 g/mol. The Balaban J connectivity index is 1.79. The lowest BCUT2D eigenvalue weighted by Crippen LogP contribution is -2.55. The topological polar surface area (TPSA) is 87.6 Å². The van der Waals surface area contributed by atoms with Gasteiger partial charge in [-0.25, -0.2) is 9.78 Å². The summed E-state index contributed by atoms with van der Waals surface area (Å²) >= 11 is 5.90. The van der Waals surface area contributed by atoms with Gasteiger partial charge in [0.2, 0.25) is 0 Å². The number of aliphatic carboxylic acids is 1. The predicted octanol–water partition coefficient (Wildman–Crippen LogP) is 1.71. The molecule has 2 aromatic rings. The molecule has 2 heterocycles. The first-order valence-electron chi connectivity index (χ1n) is 7.64. The van der Waals surface area contributed by atoms with Crippen LogP contribution in [-0.2, 0) is 11.4 Å². The highest BCUT2D eigenvalue weighted by Gasteiger charge is 2.30. The summed E-state index contributed by atoms with van der Waals surface area (Å²) in [6, 6.07) is 6.18. The SMILES string of the molecule is O=C(O)C1CNCCN1c1cnc(F)c(OCc2cccc(Cl)c2)n1. The van der Waals surface area contributed by atoms with Gasteiger partial charge in [-0.3, -0.25) is 0 Å². The Morgan fingerprint density at radius 3 is 3.12 bits per heavy atom. The zero-order chi connectivity index (χ0) is 17.8. The Labute approximate surface area is 148 Å². The van der Waals surface area contributed by atoms with Crippen LogP contribution in [0, 0.1) is 5.95 Å². The van der Waals surface area contributed by atoms with Crippen molar-refractivity contribution in [3.8, 4) is 5.88 Å². The van der Waals surface area contributed by atoms with E-state index in [4.69, 9.17) is 16.3 Å². The number of carboxylic acids is 1. The first kappa shape index (κ1) is 17.4. The molecule has 3 rings (SSSR count). The number of anilines is 1. The third kappa shape index (κ3) is 4.15. The molecule has 0 spiro atoms. The number of piperazine rings is 1. The molecule has 1 aromatic heterocycles. The number of nitrogens with zero attached hydrogens (tertiary/aromatic N) is 3. The molecular formula is C16H16ClFN4O3. The van der Waals surface area contributed by atoms with Crippen LogP contribution in [0.1, 0.15) is 5.56 Å². The van der Waals surface area contributed by atoms with E-state index in [1.54, 1.807) is 29.2 Å². The lowest BCUT2D eigenvalue weighted by molar-refractivity contribution is -0.138. The van der Waals surface area contributed by atoms with Gasteiger partial charge >= 0.3 is 5.97 Å². The van der Waals surface area contributed by atoms with Gasteiger partial charge in [-0.05, 0) is 17.7 Å². The van der Waals surface area contributed by atoms with Crippen molar-refractivity contribution in [2.24, 2.45) is 0 Å². The molecule has 1 atom stereocenters. The summed E-state index contributed by atoms with van der Waals surface area (Å²) in [5, 5.41) is 12.9. The Bertz CT molecular complexity index is 777. The van der Waals surface area contributed by atoms with Crippen molar-refractivity contribution in [2.75, 3.05) is 24.5 Å². The van der Waals surface area contributed by atoms with E-state index in [9.17, 15) is 14.3 Å². The van der Waals surface area contributed by atoms with Crippen molar-refractivity contribution in [1.29, 1.82) is 0 Å². The van der Waals surface area contributed by atoms with Crippen molar-refractivity contribution < 1.29 is 19.0 Å². The minimum Gasteiger partial charge on any atom is -0.480 e. The monoisotopic (exact) mass is 366 g/mol. The Hall–Kier alpha value is -2.45. The Kier molecular flexibility index (Phi) is 5.30. The first-order valence-corrected chi connectivity index (χ1v) is 8.02. The normalized spacial score (nSPS) is 17.4. The number of rotatable bonds is 5. The second-order valence-electron chi connectivity index (χ2n) is 5.49. The van der Waals surface area contributed by atoms with Crippen molar-refractivity contribution in [2.45, 2.75) is 12.6 Å². The molecule has 1 aromatic carbocycles. The van der Waals surface area contributed by atoms with Crippen molar-refractivity contribution in [1.82, 2.24) is 15.3 Å². The second kappa shape index (κ2) is 7.62. The average molecular weight is 367 g/mol. The third-order valence-electron chi connectivity index (χ3n) is 3.77. The molecule has 0 amide bonds. The van der Waals surface area contributed by atoms with Crippen molar-refractivity contribution in [3.05, 3.63) is 47.0 Å². The number of halogens is 2. The van der Waals surface area contributed by atoms with Crippen molar-refractivity contribution in [3.63, 3.8) is 0 Å². The van der Waals surface area contributed by atoms with E-state index >= 15 is 0 Å². The van der Waals surface area contributed by atoms with Crippen LogP contribution in [0.4, 0.5) is 10.2 Å². The van der Waals surface area contributed by atoms with Gasteiger partial charge in [0.05, 0.1) is 6.20 Å². The number of ether oxygens (including phenoxy) is 1. The average Bonchev–Trinajstić information content (AvgIpc) is 2.61. The van der Waals surface area contributed by atoms with Gasteiger partial charge < -0.3 is 20.1 Å². The predicted molar refractivity (Wildman–Crippen MR) is 89.4 cm³/mol. The van der Waals surface area contributed by atoms with E-state index in [1.807, 2.05) is 0 Å². The van der Waals surface area contributed by atoms with Crippen LogP contribution in [0.15, 0.2) is 30.5 Å². The smallest absolute Gasteiger partial charge is 0.327 e. The zero-order valence-electron chi connectivity index (χ0n) is 13.2. The molecule has 1 aliphatic rings. The van der Waals surface area contributed by atoms with Gasteiger partial charge in [-0.15, -0.1) is 0 Å². The Morgan fingerprint density at radius 2 is 2.36 bits per heavy atom. The molecule has 132 valence electrons. The zero-order valence-corrected chi connectivity index (χ0v) is 13.9. The van der Waals surface area contributed by atoms with Crippen LogP contribution < -0.4 is 15.0 Å². The number of carbonyl (C=O) groups is 1. The molecule has 1 unspecified atom stereocenters. The Morgan fingerprint density at radius 1 is 1.52 bits per heavy atom. The van der Waals surface area contributed by atoms with E-state index < -0.39 is 18.0 Å². The highest BCUT2D eigenvalue weighted by Crippen LogP contribution is 2.21. The number of benzene rings is 1. The fraction of sp³-hybridized carbons (Fsp3) is 0.312. The van der Waals surface area contributed by atoms with E-state index in [0.717, 1.165) is 5.56 Å². The highest BCUT2D eigenvalue weighted by molar-refractivity contribution is 6.30. The number of hydrogen-bond acceptors (Lipinski definition) is 6. The summed E-state index contributed by atoms with van der Waals surface area (Å²) in [5.41, 5.74) is 0.754. The van der Waals surface area contributed by atoms with Crippen molar-refractivity contribution >= 4 is 23.4 Å². The maximum atomic E-state index is 13.9. The minimum atomic E-state index is -0.986. The van der Waals surface area contributed by atoms with Gasteiger partial charge in [-0.2, -0.15) is 9.37 Å². The summed E-state index contributed by atoms with van der Waals surface area (Å²) in [6.07, 6.45) is 1.21. The number of carboxylic acid groups (broad SMARTS) is 1. The minimum absolute atomic E-state index is 0.0690. The highest BCUT2D eigenvalue weighted by atomic mass is 35.5. The lowest BCUT2D eigenvalue weighted by Gasteiger charge is -2.34. The fourth-order valence-corrected chi connectivity index (χ4v) is 2.77. The van der Waals surface area contributed by atoms with Gasteiger partial charge in [0.1, 0.15) is 12.6 Å². The summed E-state index contributed by atoms with van der Waals surface area (Å²) in [5.74, 6) is -1.86. The molecule has 0 saturated carbocycles. The van der Waals surface area contributed by atoms with E-state index in [0.29, 0.717) is 18.1 Å². The second-order valence-corrected chi connectivity index (χ2v) is 5.93. The lowest BCUT2D eigenvalue weighted by atomic mass is 10.2. The standard InChI is InChI=1S/C16H16ClFN4O3/c17-11-3-1-2-10(6-11)9-25-15-14(18)20-8-13(21-15)22-5-4-19-7-12(22)16(23)24/h1-3,6,8,12,19H,4-5,7,9H2,(H,23,24). The molecule has 0 radical (unpaired) electrons. The maximum absolute atomic E-state index is 13.9. The molecule has 1 aliphatic heterocycles. The van der Waals surface area contributed by atoms with Crippen LogP contribution in [0.5, 0.6) is 5.88 Å². The summed E-state index contributed by atoms with van der Waals surface area (Å²) in [4.78, 5) is 20.7. The third-order valence-corrected chi connectivity index (χ3v) is 4.01. The molecule has 0 bridgehead atoms. The number of nitrogens with one attached hydrogen (secondary N) is 1. The van der Waals surface area contributed by atoms with Crippen LogP contribution in [-0.4, -0.2) is 46.7 Å². The largest absolute Gasteiger partial charge is 0.480 e. The maximum Gasteiger partial charge on any atom is 0.327 e. The fourth-order valence-electron chi connectivity index (χ4n) is 2.56. The summed E-state index contributed by atoms with van der Waals surface area (Å²) in [6.45, 7) is 1.36. The van der Waals surface area contributed by atoms with E-state index in [1.165, 1.54) is 6.20 Å². The number of hydrogen-bond donors (Lipinski definition) is 2. The summed E-state index contributed by atoms with van der Waals surface area (Å²) in [7, 11) is 0.